The highest BCUT2D eigenvalue weighted by Crippen LogP contribution is 2.13. The second kappa shape index (κ2) is 6.41. The Morgan fingerprint density at radius 1 is 1.29 bits per heavy atom. The van der Waals surface area contributed by atoms with E-state index in [2.05, 4.69) is 10.3 Å². The van der Waals surface area contributed by atoms with Gasteiger partial charge in [-0.25, -0.2) is 4.79 Å². The number of carbonyl (C=O) groups excluding carboxylic acids is 1. The van der Waals surface area contributed by atoms with Crippen LogP contribution in [0.15, 0.2) is 40.1 Å². The van der Waals surface area contributed by atoms with Gasteiger partial charge in [0.25, 0.3) is 5.56 Å². The Morgan fingerprint density at radius 2 is 1.95 bits per heavy atom. The molecule has 0 unspecified atom stereocenters. The lowest BCUT2D eigenvalue weighted by atomic mass is 10.2. The summed E-state index contributed by atoms with van der Waals surface area (Å²) in [6, 6.07) is 6.62. The number of H-pyrrole nitrogens is 1. The molecule has 0 fully saturated rings. The highest BCUT2D eigenvalue weighted by Gasteiger charge is 2.08. The molecule has 0 aliphatic heterocycles. The molecule has 0 aliphatic rings. The molecule has 1 heterocycles. The van der Waals surface area contributed by atoms with Gasteiger partial charge in [-0.05, 0) is 30.7 Å². The summed E-state index contributed by atoms with van der Waals surface area (Å²) in [6.45, 7) is 1.62. The molecule has 110 valence electrons. The summed E-state index contributed by atoms with van der Waals surface area (Å²) in [5.41, 5.74) is 0.00629. The number of amides is 1. The van der Waals surface area contributed by atoms with Crippen LogP contribution in [0, 0.1) is 0 Å². The summed E-state index contributed by atoms with van der Waals surface area (Å²) >= 11 is 5.76. The van der Waals surface area contributed by atoms with Crippen LogP contribution in [0.5, 0.6) is 0 Å². The molecule has 21 heavy (non-hydrogen) atoms. The minimum absolute atomic E-state index is 0.175. The van der Waals surface area contributed by atoms with E-state index in [-0.39, 0.29) is 12.5 Å². The van der Waals surface area contributed by atoms with E-state index in [4.69, 9.17) is 11.6 Å². The molecule has 0 saturated carbocycles. The highest BCUT2D eigenvalue weighted by atomic mass is 35.5. The smallest absolute Gasteiger partial charge is 0.325 e. The maximum atomic E-state index is 11.9. The summed E-state index contributed by atoms with van der Waals surface area (Å²) < 4.78 is 1.17. The van der Waals surface area contributed by atoms with Crippen LogP contribution in [0.3, 0.4) is 0 Å². The number of aromatic amines is 1. The third-order valence-corrected chi connectivity index (χ3v) is 3.16. The average Bonchev–Trinajstić information content (AvgIpc) is 2.44. The van der Waals surface area contributed by atoms with Crippen LogP contribution in [-0.2, 0) is 17.8 Å². The van der Waals surface area contributed by atoms with Gasteiger partial charge in [-0.2, -0.15) is 0 Å². The minimum Gasteiger partial charge on any atom is -0.325 e. The molecule has 1 aromatic heterocycles. The number of nitrogens with zero attached hydrogens (tertiary/aromatic N) is 1. The molecule has 0 spiro atoms. The number of rotatable bonds is 4. The fourth-order valence-corrected chi connectivity index (χ4v) is 1.94. The molecule has 1 amide bonds. The second-order valence-electron chi connectivity index (χ2n) is 4.45. The van der Waals surface area contributed by atoms with Crippen molar-refractivity contribution in [2.45, 2.75) is 19.9 Å². The number of anilines is 1. The van der Waals surface area contributed by atoms with E-state index in [1.807, 2.05) is 0 Å². The lowest BCUT2D eigenvalue weighted by Crippen LogP contribution is -2.34. The zero-order valence-corrected chi connectivity index (χ0v) is 12.1. The Kier molecular flexibility index (Phi) is 4.59. The van der Waals surface area contributed by atoms with Crippen molar-refractivity contribution in [1.29, 1.82) is 0 Å². The van der Waals surface area contributed by atoms with E-state index in [1.54, 1.807) is 31.2 Å². The Balaban J connectivity index is 2.14. The number of hydrogen-bond donors (Lipinski definition) is 2. The zero-order chi connectivity index (χ0) is 15.4. The highest BCUT2D eigenvalue weighted by molar-refractivity contribution is 6.30. The van der Waals surface area contributed by atoms with Crippen LogP contribution < -0.4 is 16.6 Å². The van der Waals surface area contributed by atoms with Gasteiger partial charge in [-0.1, -0.05) is 18.5 Å². The molecule has 2 aromatic rings. The van der Waals surface area contributed by atoms with Gasteiger partial charge in [-0.3, -0.25) is 19.1 Å². The maximum Gasteiger partial charge on any atom is 0.328 e. The molecule has 7 heteroatoms. The summed E-state index contributed by atoms with van der Waals surface area (Å²) in [6.07, 6.45) is 1.89. The van der Waals surface area contributed by atoms with Gasteiger partial charge >= 0.3 is 5.69 Å². The molecule has 2 rings (SSSR count). The van der Waals surface area contributed by atoms with Gasteiger partial charge in [0, 0.05) is 22.5 Å². The first-order valence-electron chi connectivity index (χ1n) is 6.37. The summed E-state index contributed by atoms with van der Waals surface area (Å²) in [5.74, 6) is -0.367. The molecule has 0 radical (unpaired) electrons. The van der Waals surface area contributed by atoms with E-state index in [9.17, 15) is 14.4 Å². The predicted molar refractivity (Wildman–Crippen MR) is 80.8 cm³/mol. The van der Waals surface area contributed by atoms with Crippen LogP contribution in [0.25, 0.3) is 0 Å². The first-order valence-corrected chi connectivity index (χ1v) is 6.75. The van der Waals surface area contributed by atoms with Crippen molar-refractivity contribution in [3.05, 3.63) is 61.9 Å². The Bertz CT molecular complexity index is 762. The van der Waals surface area contributed by atoms with Gasteiger partial charge in [0.05, 0.1) is 0 Å². The second-order valence-corrected chi connectivity index (χ2v) is 4.89. The molecular weight excluding hydrogens is 294 g/mol. The third-order valence-electron chi connectivity index (χ3n) is 2.91. The standard InChI is InChI=1S/C14H14ClN3O3/c1-2-9-7-18(14(21)17-13(9)20)8-12(19)16-11-5-3-10(15)4-6-11/h3-7H,2,8H2,1H3,(H,16,19)(H,17,20,21). The van der Waals surface area contributed by atoms with Crippen molar-refractivity contribution in [3.8, 4) is 0 Å². The van der Waals surface area contributed by atoms with Crippen molar-refractivity contribution < 1.29 is 4.79 Å². The number of hydrogen-bond acceptors (Lipinski definition) is 3. The van der Waals surface area contributed by atoms with E-state index < -0.39 is 11.2 Å². The normalized spacial score (nSPS) is 10.4. The number of nitrogens with one attached hydrogen (secondary N) is 2. The van der Waals surface area contributed by atoms with Crippen molar-refractivity contribution in [2.24, 2.45) is 0 Å². The molecule has 1 aromatic carbocycles. The summed E-state index contributed by atoms with van der Waals surface area (Å²) in [7, 11) is 0. The number of benzene rings is 1. The first-order chi connectivity index (χ1) is 9.99. The molecular formula is C14H14ClN3O3. The Hall–Kier alpha value is -2.34. The monoisotopic (exact) mass is 307 g/mol. The van der Waals surface area contributed by atoms with E-state index in [1.165, 1.54) is 10.8 Å². The number of halogens is 1. The predicted octanol–water partition coefficient (Wildman–Crippen LogP) is 1.39. The molecule has 0 atom stereocenters. The summed E-state index contributed by atoms with van der Waals surface area (Å²) in [4.78, 5) is 37.2. The van der Waals surface area contributed by atoms with Crippen molar-refractivity contribution >= 4 is 23.2 Å². The third kappa shape index (κ3) is 3.82. The molecule has 6 nitrogen and oxygen atoms in total. The van der Waals surface area contributed by atoms with Crippen LogP contribution in [0.1, 0.15) is 12.5 Å². The lowest BCUT2D eigenvalue weighted by Gasteiger charge is -2.08. The van der Waals surface area contributed by atoms with E-state index in [0.29, 0.717) is 22.7 Å². The van der Waals surface area contributed by atoms with Crippen LogP contribution in [0.4, 0.5) is 5.69 Å². The first kappa shape index (κ1) is 15.1. The number of carbonyl (C=O) groups is 1. The van der Waals surface area contributed by atoms with Crippen molar-refractivity contribution in [3.63, 3.8) is 0 Å². The largest absolute Gasteiger partial charge is 0.328 e. The van der Waals surface area contributed by atoms with Crippen LogP contribution in [0.2, 0.25) is 5.02 Å². The fraction of sp³-hybridized carbons (Fsp3) is 0.214. The lowest BCUT2D eigenvalue weighted by molar-refractivity contribution is -0.116. The van der Waals surface area contributed by atoms with Gasteiger partial charge in [0.2, 0.25) is 5.91 Å². The van der Waals surface area contributed by atoms with Gasteiger partial charge < -0.3 is 5.32 Å². The molecule has 0 aliphatic carbocycles. The van der Waals surface area contributed by atoms with Gasteiger partial charge in [0.15, 0.2) is 0 Å². The quantitative estimate of drug-likeness (QED) is 0.895. The summed E-state index contributed by atoms with van der Waals surface area (Å²) in [5, 5.41) is 3.21. The molecule has 0 saturated heterocycles. The molecule has 2 N–H and O–H groups in total. The zero-order valence-electron chi connectivity index (χ0n) is 11.4. The van der Waals surface area contributed by atoms with Crippen molar-refractivity contribution in [2.75, 3.05) is 5.32 Å². The number of aromatic nitrogens is 2. The Labute approximate surface area is 125 Å². The van der Waals surface area contributed by atoms with Crippen LogP contribution in [-0.4, -0.2) is 15.5 Å². The van der Waals surface area contributed by atoms with Gasteiger partial charge in [0.1, 0.15) is 6.54 Å². The molecule has 0 bridgehead atoms. The van der Waals surface area contributed by atoms with Gasteiger partial charge in [-0.15, -0.1) is 0 Å². The van der Waals surface area contributed by atoms with E-state index in [0.717, 1.165) is 0 Å². The maximum absolute atomic E-state index is 11.9. The van der Waals surface area contributed by atoms with E-state index >= 15 is 0 Å². The fourth-order valence-electron chi connectivity index (χ4n) is 1.81. The minimum atomic E-state index is -0.608. The van der Waals surface area contributed by atoms with Crippen LogP contribution >= 0.6 is 11.6 Å². The number of aryl methyl sites for hydroxylation is 1. The Morgan fingerprint density at radius 3 is 2.57 bits per heavy atom. The SMILES string of the molecule is CCc1cn(CC(=O)Nc2ccc(Cl)cc2)c(=O)[nH]c1=O. The van der Waals surface area contributed by atoms with Crippen molar-refractivity contribution in [1.82, 2.24) is 9.55 Å². The topological polar surface area (TPSA) is 84.0 Å². The average molecular weight is 308 g/mol.